The van der Waals surface area contributed by atoms with Crippen molar-refractivity contribution in [3.8, 4) is 11.8 Å². The van der Waals surface area contributed by atoms with Crippen LogP contribution in [0.5, 0.6) is 5.75 Å². The maximum Gasteiger partial charge on any atom is 0.338 e. The van der Waals surface area contributed by atoms with E-state index in [2.05, 4.69) is 0 Å². The van der Waals surface area contributed by atoms with Gasteiger partial charge in [0.15, 0.2) is 0 Å². The molecule has 0 radical (unpaired) electrons. The molecule has 1 atom stereocenters. The van der Waals surface area contributed by atoms with Gasteiger partial charge >= 0.3 is 11.9 Å². The first-order valence-electron chi connectivity index (χ1n) is 8.35. The van der Waals surface area contributed by atoms with Crippen molar-refractivity contribution in [2.75, 3.05) is 13.2 Å². The molecule has 0 fully saturated rings. The summed E-state index contributed by atoms with van der Waals surface area (Å²) in [7, 11) is 0. The number of allylic oxidation sites excluding steroid dienone is 1. The highest BCUT2D eigenvalue weighted by Crippen LogP contribution is 2.41. The maximum absolute atomic E-state index is 12.6. The van der Waals surface area contributed by atoms with Gasteiger partial charge in [0, 0.05) is 0 Å². The Balaban J connectivity index is 2.62. The van der Waals surface area contributed by atoms with Gasteiger partial charge in [0.25, 0.3) is 0 Å². The van der Waals surface area contributed by atoms with Crippen LogP contribution in [0, 0.1) is 11.3 Å². The van der Waals surface area contributed by atoms with Gasteiger partial charge in [0.2, 0.25) is 5.88 Å². The van der Waals surface area contributed by atoms with Crippen LogP contribution >= 0.6 is 0 Å². The number of nitriles is 1. The molecule has 2 rings (SSSR count). The molecule has 8 nitrogen and oxygen atoms in total. The van der Waals surface area contributed by atoms with Crippen LogP contribution in [0.4, 0.5) is 0 Å². The number of benzene rings is 1. The SMILES string of the molecule is CCOC(=O)CC1=C(C(=O)OCC)C(c2ccc(O)cc2)C(C#N)=C(N)O1. The van der Waals surface area contributed by atoms with E-state index in [1.807, 2.05) is 6.07 Å². The highest BCUT2D eigenvalue weighted by molar-refractivity contribution is 5.93. The second-order valence-corrected chi connectivity index (χ2v) is 5.56. The largest absolute Gasteiger partial charge is 0.508 e. The third kappa shape index (κ3) is 4.39. The Bertz CT molecular complexity index is 833. The van der Waals surface area contributed by atoms with Crippen molar-refractivity contribution in [3.05, 3.63) is 52.6 Å². The summed E-state index contributed by atoms with van der Waals surface area (Å²) in [6, 6.07) is 7.90. The van der Waals surface area contributed by atoms with Gasteiger partial charge in [-0.3, -0.25) is 4.79 Å². The average Bonchev–Trinajstić information content (AvgIpc) is 2.62. The minimum atomic E-state index is -0.896. The number of phenolic OH excluding ortho intramolecular Hbond substituents is 1. The zero-order valence-electron chi connectivity index (χ0n) is 15.0. The monoisotopic (exact) mass is 372 g/mol. The molecule has 8 heteroatoms. The predicted octanol–water partition coefficient (Wildman–Crippen LogP) is 1.97. The molecule has 27 heavy (non-hydrogen) atoms. The molecule has 1 aliphatic heterocycles. The number of carbonyl (C=O) groups is 2. The van der Waals surface area contributed by atoms with Crippen LogP contribution < -0.4 is 5.73 Å². The molecule has 0 spiro atoms. The van der Waals surface area contributed by atoms with E-state index in [1.165, 1.54) is 12.1 Å². The van der Waals surface area contributed by atoms with E-state index in [0.717, 1.165) is 0 Å². The average molecular weight is 372 g/mol. The lowest BCUT2D eigenvalue weighted by Crippen LogP contribution is -2.27. The standard InChI is InChI=1S/C19H20N2O6/c1-3-25-15(23)9-14-17(19(24)26-4-2)16(13(10-20)18(21)27-14)11-5-7-12(22)8-6-11/h5-8,16,22H,3-4,9,21H2,1-2H3. The number of aromatic hydroxyl groups is 1. The fourth-order valence-electron chi connectivity index (χ4n) is 2.72. The lowest BCUT2D eigenvalue weighted by atomic mass is 9.82. The van der Waals surface area contributed by atoms with Crippen molar-refractivity contribution in [1.82, 2.24) is 0 Å². The third-order valence-electron chi connectivity index (χ3n) is 3.83. The summed E-state index contributed by atoms with van der Waals surface area (Å²) in [5, 5.41) is 19.1. The first-order chi connectivity index (χ1) is 12.9. The lowest BCUT2D eigenvalue weighted by Gasteiger charge is -2.27. The Kier molecular flexibility index (Phi) is 6.44. The molecule has 0 saturated heterocycles. The fraction of sp³-hybridized carbons (Fsp3) is 0.316. The molecule has 0 saturated carbocycles. The molecular formula is C19H20N2O6. The summed E-state index contributed by atoms with van der Waals surface area (Å²) in [5.74, 6) is -2.44. The van der Waals surface area contributed by atoms with Gasteiger partial charge in [0.05, 0.1) is 24.7 Å². The van der Waals surface area contributed by atoms with Crippen LogP contribution in [0.25, 0.3) is 0 Å². The van der Waals surface area contributed by atoms with Crippen molar-refractivity contribution >= 4 is 11.9 Å². The first-order valence-corrected chi connectivity index (χ1v) is 8.35. The van der Waals surface area contributed by atoms with E-state index in [1.54, 1.807) is 26.0 Å². The molecule has 1 aliphatic rings. The summed E-state index contributed by atoms with van der Waals surface area (Å²) >= 11 is 0. The molecular weight excluding hydrogens is 352 g/mol. The normalized spacial score (nSPS) is 16.4. The molecule has 142 valence electrons. The van der Waals surface area contributed by atoms with Gasteiger partial charge in [-0.15, -0.1) is 0 Å². The minimum absolute atomic E-state index is 0.00124. The Morgan fingerprint density at radius 1 is 1.22 bits per heavy atom. The van der Waals surface area contributed by atoms with Crippen molar-refractivity contribution in [2.24, 2.45) is 5.73 Å². The number of nitrogens with two attached hydrogens (primary N) is 1. The van der Waals surface area contributed by atoms with Crippen LogP contribution in [-0.4, -0.2) is 30.3 Å². The van der Waals surface area contributed by atoms with Crippen LogP contribution in [0.3, 0.4) is 0 Å². The quantitative estimate of drug-likeness (QED) is 0.724. The summed E-state index contributed by atoms with van der Waals surface area (Å²) in [6.07, 6.45) is -0.337. The lowest BCUT2D eigenvalue weighted by molar-refractivity contribution is -0.143. The second-order valence-electron chi connectivity index (χ2n) is 5.56. The molecule has 0 amide bonds. The van der Waals surface area contributed by atoms with Crippen LogP contribution in [0.1, 0.15) is 31.7 Å². The van der Waals surface area contributed by atoms with Crippen molar-refractivity contribution in [1.29, 1.82) is 5.26 Å². The Labute approximate surface area is 156 Å². The zero-order chi connectivity index (χ0) is 20.0. The predicted molar refractivity (Wildman–Crippen MR) is 93.7 cm³/mol. The van der Waals surface area contributed by atoms with Crippen molar-refractivity contribution in [2.45, 2.75) is 26.2 Å². The number of ether oxygens (including phenoxy) is 3. The number of carbonyl (C=O) groups excluding carboxylic acids is 2. The Morgan fingerprint density at radius 2 is 1.85 bits per heavy atom. The number of phenols is 1. The highest BCUT2D eigenvalue weighted by atomic mass is 16.5. The number of esters is 2. The number of nitrogens with zero attached hydrogens (tertiary/aromatic N) is 1. The van der Waals surface area contributed by atoms with E-state index >= 15 is 0 Å². The van der Waals surface area contributed by atoms with Gasteiger partial charge < -0.3 is 25.1 Å². The Morgan fingerprint density at radius 3 is 2.41 bits per heavy atom. The minimum Gasteiger partial charge on any atom is -0.508 e. The number of rotatable bonds is 6. The summed E-state index contributed by atoms with van der Waals surface area (Å²) in [5.41, 5.74) is 6.40. The van der Waals surface area contributed by atoms with E-state index < -0.39 is 17.9 Å². The fourth-order valence-corrected chi connectivity index (χ4v) is 2.72. The highest BCUT2D eigenvalue weighted by Gasteiger charge is 2.38. The molecule has 1 aromatic carbocycles. The second kappa shape index (κ2) is 8.76. The van der Waals surface area contributed by atoms with E-state index in [-0.39, 0.29) is 48.2 Å². The number of hydrogen-bond donors (Lipinski definition) is 2. The smallest absolute Gasteiger partial charge is 0.338 e. The van der Waals surface area contributed by atoms with Crippen molar-refractivity contribution < 1.29 is 28.9 Å². The molecule has 1 aromatic rings. The molecule has 3 N–H and O–H groups in total. The molecule has 0 aromatic heterocycles. The Hall–Kier alpha value is -3.47. The van der Waals surface area contributed by atoms with Crippen molar-refractivity contribution in [3.63, 3.8) is 0 Å². The molecule has 1 heterocycles. The van der Waals surface area contributed by atoms with Gasteiger partial charge in [-0.2, -0.15) is 5.26 Å². The zero-order valence-corrected chi connectivity index (χ0v) is 15.0. The van der Waals surface area contributed by atoms with Crippen LogP contribution in [-0.2, 0) is 23.8 Å². The van der Waals surface area contributed by atoms with Gasteiger partial charge in [-0.05, 0) is 31.5 Å². The molecule has 0 bridgehead atoms. The number of hydrogen-bond acceptors (Lipinski definition) is 8. The van der Waals surface area contributed by atoms with Crippen LogP contribution in [0.15, 0.2) is 47.1 Å². The first kappa shape index (κ1) is 19.8. The topological polar surface area (TPSA) is 132 Å². The third-order valence-corrected chi connectivity index (χ3v) is 3.83. The van der Waals surface area contributed by atoms with E-state index in [9.17, 15) is 20.0 Å². The van der Waals surface area contributed by atoms with E-state index in [0.29, 0.717) is 5.56 Å². The van der Waals surface area contributed by atoms with Gasteiger partial charge in [0.1, 0.15) is 29.6 Å². The summed E-state index contributed by atoms with van der Waals surface area (Å²) in [6.45, 7) is 3.55. The van der Waals surface area contributed by atoms with Crippen LogP contribution in [0.2, 0.25) is 0 Å². The summed E-state index contributed by atoms with van der Waals surface area (Å²) in [4.78, 5) is 24.6. The maximum atomic E-state index is 12.6. The summed E-state index contributed by atoms with van der Waals surface area (Å²) < 4.78 is 15.4. The molecule has 0 aliphatic carbocycles. The van der Waals surface area contributed by atoms with E-state index in [4.69, 9.17) is 19.9 Å². The van der Waals surface area contributed by atoms with Gasteiger partial charge in [-0.1, -0.05) is 12.1 Å². The van der Waals surface area contributed by atoms with Gasteiger partial charge in [-0.25, -0.2) is 4.79 Å². The molecule has 1 unspecified atom stereocenters.